The second kappa shape index (κ2) is 12.5. The number of rotatable bonds is 9. The highest BCUT2D eigenvalue weighted by atomic mass is 19.1. The fourth-order valence-corrected chi connectivity index (χ4v) is 4.97. The van der Waals surface area contributed by atoms with Gasteiger partial charge >= 0.3 is 6.09 Å². The minimum atomic E-state index is -1.40. The van der Waals surface area contributed by atoms with E-state index in [-0.39, 0.29) is 24.6 Å². The van der Waals surface area contributed by atoms with Crippen LogP contribution in [0.25, 0.3) is 16.8 Å². The Morgan fingerprint density at radius 3 is 2.37 bits per heavy atom. The van der Waals surface area contributed by atoms with E-state index in [4.69, 9.17) is 4.74 Å². The molecule has 1 fully saturated rings. The molecule has 234 valence electrons. The van der Waals surface area contributed by atoms with E-state index < -0.39 is 30.0 Å². The highest BCUT2D eigenvalue weighted by Gasteiger charge is 2.31. The average molecular weight is 628 g/mol. The lowest BCUT2D eigenvalue weighted by Gasteiger charge is -2.34. The smallest absolute Gasteiger partial charge is 0.405 e. The normalized spacial score (nSPS) is 13.5. The van der Waals surface area contributed by atoms with E-state index in [1.54, 1.807) is 59.2 Å². The van der Waals surface area contributed by atoms with E-state index in [0.29, 0.717) is 34.3 Å². The molecule has 6 rings (SSSR count). The zero-order valence-electron chi connectivity index (χ0n) is 24.3. The summed E-state index contributed by atoms with van der Waals surface area (Å²) in [5.41, 5.74) is 3.83. The Balaban J connectivity index is 1.15. The van der Waals surface area contributed by atoms with Gasteiger partial charge in [0.25, 0.3) is 11.8 Å². The Kier molecular flexibility index (Phi) is 8.16. The van der Waals surface area contributed by atoms with Crippen LogP contribution in [-0.4, -0.2) is 68.9 Å². The van der Waals surface area contributed by atoms with Gasteiger partial charge in [-0.15, -0.1) is 5.10 Å². The summed E-state index contributed by atoms with van der Waals surface area (Å²) >= 11 is 0. The first-order valence-electron chi connectivity index (χ1n) is 14.1. The average Bonchev–Trinajstić information content (AvgIpc) is 3.44. The highest BCUT2D eigenvalue weighted by molar-refractivity contribution is 5.97. The van der Waals surface area contributed by atoms with Crippen LogP contribution in [0.4, 0.5) is 30.9 Å². The number of ether oxygens (including phenoxy) is 1. The molecule has 4 N–H and O–H groups in total. The van der Waals surface area contributed by atoms with Crippen LogP contribution in [0.2, 0.25) is 0 Å². The number of amides is 3. The Labute approximate surface area is 260 Å². The summed E-state index contributed by atoms with van der Waals surface area (Å²) in [4.78, 5) is 42.7. The molecule has 12 nitrogen and oxygen atoms in total. The molecular formula is C32H27F2N7O5. The standard InChI is InChI=1S/C32H27F2N7O5/c1-46-26-14-20(30(43)40-16-23(34)17-40)6-12-25(26)36-31-37-27-13-7-21(15-41(27)39-31)18-4-10-24(11-5-18)35-29(42)28(38-32(44)45)19-2-8-22(33)9-3-19/h2-15,23,28,38H,16-17H2,1H3,(H,35,42)(H,36,39)(H,44,45)/t28-/m1/s1. The SMILES string of the molecule is COc1cc(C(=O)N2CC(F)C2)ccc1Nc1nc2ccc(-c3ccc(NC(=O)[C@H](NC(=O)O)c4ccc(F)cc4)cc3)cn2n1. The maximum Gasteiger partial charge on any atom is 0.405 e. The molecule has 1 aliphatic heterocycles. The van der Waals surface area contributed by atoms with Gasteiger partial charge in [0.2, 0.25) is 5.95 Å². The number of carboxylic acid groups (broad SMARTS) is 1. The number of likely N-dealkylation sites (tertiary alicyclic amines) is 1. The van der Waals surface area contributed by atoms with Crippen molar-refractivity contribution < 1.29 is 33.0 Å². The third-order valence-corrected chi connectivity index (χ3v) is 7.37. The molecule has 46 heavy (non-hydrogen) atoms. The number of alkyl halides is 1. The Morgan fingerprint density at radius 2 is 1.70 bits per heavy atom. The van der Waals surface area contributed by atoms with Crippen LogP contribution in [0.1, 0.15) is 22.0 Å². The van der Waals surface area contributed by atoms with Gasteiger partial charge in [0.05, 0.1) is 25.9 Å². The van der Waals surface area contributed by atoms with Crippen molar-refractivity contribution in [3.05, 3.63) is 102 Å². The highest BCUT2D eigenvalue weighted by Crippen LogP contribution is 2.30. The van der Waals surface area contributed by atoms with Crippen LogP contribution >= 0.6 is 0 Å². The lowest BCUT2D eigenvalue weighted by atomic mass is 10.1. The van der Waals surface area contributed by atoms with Crippen molar-refractivity contribution >= 4 is 40.9 Å². The van der Waals surface area contributed by atoms with Crippen LogP contribution in [-0.2, 0) is 4.79 Å². The van der Waals surface area contributed by atoms with E-state index in [2.05, 4.69) is 26.0 Å². The zero-order chi connectivity index (χ0) is 32.4. The van der Waals surface area contributed by atoms with Gasteiger partial charge in [0, 0.05) is 23.0 Å². The first-order chi connectivity index (χ1) is 22.2. The molecule has 3 heterocycles. The number of anilines is 3. The molecule has 0 saturated carbocycles. The van der Waals surface area contributed by atoms with E-state index in [1.807, 2.05) is 6.07 Å². The number of nitrogens with one attached hydrogen (secondary N) is 3. The van der Waals surface area contributed by atoms with Crippen molar-refractivity contribution in [2.45, 2.75) is 12.2 Å². The van der Waals surface area contributed by atoms with Gasteiger partial charge in [-0.1, -0.05) is 24.3 Å². The number of pyridine rings is 1. The summed E-state index contributed by atoms with van der Waals surface area (Å²) in [5.74, 6) is -0.710. The summed E-state index contributed by atoms with van der Waals surface area (Å²) in [6.45, 7) is 0.168. The summed E-state index contributed by atoms with van der Waals surface area (Å²) < 4.78 is 33.6. The third kappa shape index (κ3) is 6.40. The molecule has 3 amide bonds. The van der Waals surface area contributed by atoms with E-state index in [0.717, 1.165) is 23.3 Å². The number of hydrogen-bond donors (Lipinski definition) is 4. The van der Waals surface area contributed by atoms with Crippen LogP contribution in [0.3, 0.4) is 0 Å². The summed E-state index contributed by atoms with van der Waals surface area (Å²) in [6, 6.07) is 19.2. The van der Waals surface area contributed by atoms with E-state index in [1.165, 1.54) is 24.1 Å². The molecule has 2 aromatic heterocycles. The monoisotopic (exact) mass is 627 g/mol. The second-order valence-electron chi connectivity index (χ2n) is 10.5. The third-order valence-electron chi connectivity index (χ3n) is 7.37. The van der Waals surface area contributed by atoms with Gasteiger partial charge in [0.15, 0.2) is 5.65 Å². The molecule has 0 unspecified atom stereocenters. The number of halogens is 2. The fraction of sp³-hybridized carbons (Fsp3) is 0.156. The van der Waals surface area contributed by atoms with Gasteiger partial charge < -0.3 is 30.7 Å². The maximum atomic E-state index is 13.3. The topological polar surface area (TPSA) is 150 Å². The lowest BCUT2D eigenvalue weighted by molar-refractivity contribution is -0.118. The molecule has 1 aliphatic rings. The molecule has 5 aromatic rings. The van der Waals surface area contributed by atoms with Crippen LogP contribution < -0.4 is 20.7 Å². The van der Waals surface area contributed by atoms with Crippen molar-refractivity contribution in [1.29, 1.82) is 0 Å². The number of hydrogen-bond acceptors (Lipinski definition) is 7. The molecule has 0 aliphatic carbocycles. The molecule has 0 spiro atoms. The maximum absolute atomic E-state index is 13.3. The summed E-state index contributed by atoms with van der Waals surface area (Å²) in [6.07, 6.45) is -0.600. The number of fused-ring (bicyclic) bond motifs is 1. The van der Waals surface area contributed by atoms with Crippen molar-refractivity contribution in [3.8, 4) is 16.9 Å². The molecule has 14 heteroatoms. The van der Waals surface area contributed by atoms with Gasteiger partial charge in [-0.05, 0) is 65.7 Å². The number of aromatic nitrogens is 3. The van der Waals surface area contributed by atoms with Crippen molar-refractivity contribution in [1.82, 2.24) is 24.8 Å². The van der Waals surface area contributed by atoms with Crippen molar-refractivity contribution in [2.24, 2.45) is 0 Å². The van der Waals surface area contributed by atoms with Crippen LogP contribution in [0.5, 0.6) is 5.75 Å². The molecule has 0 bridgehead atoms. The minimum Gasteiger partial charge on any atom is -0.495 e. The predicted molar refractivity (Wildman–Crippen MR) is 164 cm³/mol. The Bertz CT molecular complexity index is 1930. The number of nitrogens with zero attached hydrogens (tertiary/aromatic N) is 4. The van der Waals surface area contributed by atoms with E-state index >= 15 is 0 Å². The molecule has 1 atom stereocenters. The first-order valence-corrected chi connectivity index (χ1v) is 14.1. The zero-order valence-corrected chi connectivity index (χ0v) is 24.3. The van der Waals surface area contributed by atoms with Crippen LogP contribution in [0.15, 0.2) is 85.1 Å². The number of carbonyl (C=O) groups excluding carboxylic acids is 2. The Morgan fingerprint density at radius 1 is 0.978 bits per heavy atom. The number of benzene rings is 3. The summed E-state index contributed by atoms with van der Waals surface area (Å²) in [7, 11) is 1.48. The van der Waals surface area contributed by atoms with Crippen LogP contribution in [0, 0.1) is 5.82 Å². The van der Waals surface area contributed by atoms with Crippen molar-refractivity contribution in [2.75, 3.05) is 30.8 Å². The summed E-state index contributed by atoms with van der Waals surface area (Å²) in [5, 5.41) is 21.7. The lowest BCUT2D eigenvalue weighted by Crippen LogP contribution is -2.51. The second-order valence-corrected chi connectivity index (χ2v) is 10.5. The largest absolute Gasteiger partial charge is 0.495 e. The quantitative estimate of drug-likeness (QED) is 0.178. The van der Waals surface area contributed by atoms with Gasteiger partial charge in [-0.3, -0.25) is 9.59 Å². The van der Waals surface area contributed by atoms with Crippen molar-refractivity contribution in [3.63, 3.8) is 0 Å². The first kappa shape index (κ1) is 30.0. The molecular weight excluding hydrogens is 600 g/mol. The predicted octanol–water partition coefficient (Wildman–Crippen LogP) is 5.03. The molecule has 3 aromatic carbocycles. The fourth-order valence-electron chi connectivity index (χ4n) is 4.97. The minimum absolute atomic E-state index is 0.0839. The van der Waals surface area contributed by atoms with Gasteiger partial charge in [-0.25, -0.2) is 18.1 Å². The number of carbonyl (C=O) groups is 3. The molecule has 0 radical (unpaired) electrons. The van der Waals surface area contributed by atoms with E-state index in [9.17, 15) is 28.3 Å². The van der Waals surface area contributed by atoms with Gasteiger partial charge in [-0.2, -0.15) is 4.98 Å². The Hall–Kier alpha value is -6.05. The van der Waals surface area contributed by atoms with Gasteiger partial charge in [0.1, 0.15) is 23.8 Å². The number of methoxy groups -OCH3 is 1. The molecule has 1 saturated heterocycles.